The molecule has 1 aliphatic heterocycles. The van der Waals surface area contributed by atoms with Crippen molar-refractivity contribution < 1.29 is 0 Å². The Balaban J connectivity index is 1.56. The van der Waals surface area contributed by atoms with E-state index in [4.69, 9.17) is 74.6 Å². The highest BCUT2D eigenvalue weighted by Crippen LogP contribution is 2.56. The van der Waals surface area contributed by atoms with Gasteiger partial charge < -0.3 is 10.3 Å². The molecule has 0 amide bonds. The second-order valence-electron chi connectivity index (χ2n) is 12.1. The van der Waals surface area contributed by atoms with Gasteiger partial charge in [-0.25, -0.2) is 4.98 Å². The maximum atomic E-state index is 7.26. The minimum Gasteiger partial charge on any atom is -0.352 e. The molecule has 2 N–H and O–H groups in total. The number of halogens is 6. The predicted octanol–water partition coefficient (Wildman–Crippen LogP) is 13.5. The molecule has 0 saturated carbocycles. The van der Waals surface area contributed by atoms with Crippen molar-refractivity contribution in [1.29, 1.82) is 0 Å². The molecule has 0 atom stereocenters. The van der Waals surface area contributed by atoms with Crippen molar-refractivity contribution in [1.82, 2.24) is 15.3 Å². The van der Waals surface area contributed by atoms with Gasteiger partial charge in [-0.2, -0.15) is 0 Å². The quantitative estimate of drug-likeness (QED) is 0.169. The van der Waals surface area contributed by atoms with E-state index in [1.807, 2.05) is 126 Å². The van der Waals surface area contributed by atoms with Crippen LogP contribution in [0.1, 0.15) is 22.3 Å². The zero-order valence-corrected chi connectivity index (χ0v) is 31.6. The Labute approximate surface area is 331 Å². The van der Waals surface area contributed by atoms with E-state index in [1.165, 1.54) is 0 Å². The summed E-state index contributed by atoms with van der Waals surface area (Å²) in [6, 6.07) is 46.7. The van der Waals surface area contributed by atoms with Crippen LogP contribution in [0.2, 0.25) is 30.1 Å². The molecule has 1 aromatic heterocycles. The van der Waals surface area contributed by atoms with Crippen LogP contribution in [0.25, 0.3) is 33.9 Å². The normalized spacial score (nSPS) is 13.8. The number of anilines is 1. The van der Waals surface area contributed by atoms with Crippen LogP contribution in [0.4, 0.5) is 5.95 Å². The summed E-state index contributed by atoms with van der Waals surface area (Å²) in [6.07, 6.45) is 0. The minimum absolute atomic E-state index is 0.275. The number of nitrogens with one attached hydrogen (secondary N) is 2. The molecule has 8 rings (SSSR count). The molecule has 0 aliphatic carbocycles. The molecule has 0 saturated heterocycles. The lowest BCUT2D eigenvalue weighted by Gasteiger charge is -2.42. The van der Waals surface area contributed by atoms with E-state index in [1.54, 1.807) is 24.3 Å². The van der Waals surface area contributed by atoms with Crippen molar-refractivity contribution in [3.63, 3.8) is 0 Å². The monoisotopic (exact) mass is 796 g/mol. The summed E-state index contributed by atoms with van der Waals surface area (Å²) in [5.41, 5.74) is 6.01. The lowest BCUT2D eigenvalue weighted by molar-refractivity contribution is 0.496. The summed E-state index contributed by atoms with van der Waals surface area (Å²) in [6.45, 7) is 0. The predicted molar refractivity (Wildman–Crippen MR) is 218 cm³/mol. The Bertz CT molecular complexity index is 2290. The number of rotatable bonds is 7. The van der Waals surface area contributed by atoms with E-state index in [9.17, 15) is 0 Å². The molecule has 0 unspecified atom stereocenters. The summed E-state index contributed by atoms with van der Waals surface area (Å²) in [4.78, 5) is 11.2. The van der Waals surface area contributed by atoms with Crippen LogP contribution in [0.5, 0.6) is 0 Å². The highest BCUT2D eigenvalue weighted by Gasteiger charge is 2.54. The Kier molecular flexibility index (Phi) is 9.48. The first kappa shape index (κ1) is 34.7. The van der Waals surface area contributed by atoms with Gasteiger partial charge in [0.1, 0.15) is 0 Å². The number of hydrogen-bond acceptors (Lipinski definition) is 3. The van der Waals surface area contributed by atoms with Crippen LogP contribution in [0.15, 0.2) is 146 Å². The first-order valence-electron chi connectivity index (χ1n) is 16.2. The van der Waals surface area contributed by atoms with Gasteiger partial charge in [0.15, 0.2) is 5.66 Å². The average Bonchev–Trinajstić information content (AvgIpc) is 3.73. The minimum atomic E-state index is -1.53. The van der Waals surface area contributed by atoms with E-state index in [-0.39, 0.29) is 20.1 Å². The Morgan fingerprint density at radius 3 is 1.35 bits per heavy atom. The lowest BCUT2D eigenvalue weighted by Crippen LogP contribution is -2.52. The molecule has 6 aromatic carbocycles. The largest absolute Gasteiger partial charge is 0.352 e. The number of benzene rings is 6. The zero-order valence-electron chi connectivity index (χ0n) is 27.0. The van der Waals surface area contributed by atoms with Crippen LogP contribution < -0.4 is 10.2 Å². The summed E-state index contributed by atoms with van der Waals surface area (Å²) < 4.78 is 0. The highest BCUT2D eigenvalue weighted by atomic mass is 35.5. The maximum Gasteiger partial charge on any atom is 0.211 e. The van der Waals surface area contributed by atoms with Crippen molar-refractivity contribution in [2.24, 2.45) is 0 Å². The third-order valence-electron chi connectivity index (χ3n) is 8.96. The van der Waals surface area contributed by atoms with E-state index in [0.29, 0.717) is 27.1 Å². The Morgan fingerprint density at radius 2 is 0.885 bits per heavy atom. The van der Waals surface area contributed by atoms with Crippen molar-refractivity contribution in [3.8, 4) is 22.5 Å². The van der Waals surface area contributed by atoms with Crippen LogP contribution in [0, 0.1) is 0 Å². The van der Waals surface area contributed by atoms with Gasteiger partial charge in [0, 0.05) is 37.9 Å². The van der Waals surface area contributed by atoms with Gasteiger partial charge in [-0.15, -0.1) is 0 Å². The molecule has 0 radical (unpaired) electrons. The number of H-pyrrole nitrogens is 1. The smallest absolute Gasteiger partial charge is 0.211 e. The van der Waals surface area contributed by atoms with Gasteiger partial charge in [0.2, 0.25) is 5.95 Å². The first-order chi connectivity index (χ1) is 25.3. The summed E-state index contributed by atoms with van der Waals surface area (Å²) >= 11 is 42.2. The second-order valence-corrected chi connectivity index (χ2v) is 14.6. The fourth-order valence-corrected chi connectivity index (χ4v) is 9.04. The van der Waals surface area contributed by atoms with E-state index >= 15 is 0 Å². The van der Waals surface area contributed by atoms with Crippen LogP contribution >= 0.6 is 69.6 Å². The maximum absolute atomic E-state index is 7.26. The van der Waals surface area contributed by atoms with Gasteiger partial charge in [-0.3, -0.25) is 4.90 Å². The van der Waals surface area contributed by atoms with E-state index < -0.39 is 5.66 Å². The van der Waals surface area contributed by atoms with Gasteiger partial charge in [-0.05, 0) is 29.8 Å². The van der Waals surface area contributed by atoms with Crippen molar-refractivity contribution in [3.05, 3.63) is 198 Å². The van der Waals surface area contributed by atoms with Crippen LogP contribution in [-0.2, 0) is 5.66 Å². The molecule has 7 aromatic rings. The Hall–Kier alpha value is -4.39. The molecule has 0 spiro atoms. The number of aromatic nitrogens is 2. The molecule has 0 fully saturated rings. The van der Waals surface area contributed by atoms with E-state index in [2.05, 4.69) is 10.3 Å². The molecule has 1 aliphatic rings. The Morgan fingerprint density at radius 1 is 0.481 bits per heavy atom. The van der Waals surface area contributed by atoms with Crippen LogP contribution in [0.3, 0.4) is 0 Å². The average molecular weight is 799 g/mol. The molecule has 2 heterocycles. The molecule has 52 heavy (non-hydrogen) atoms. The van der Waals surface area contributed by atoms with Gasteiger partial charge in [0.25, 0.3) is 0 Å². The molecule has 10 heteroatoms. The lowest BCUT2D eigenvalue weighted by atomic mass is 9.89. The van der Waals surface area contributed by atoms with Crippen LogP contribution in [-0.4, -0.2) is 9.97 Å². The number of nitrogens with zero attached hydrogens (tertiary/aromatic N) is 2. The number of hydrogen-bond donors (Lipinski definition) is 2. The fourth-order valence-electron chi connectivity index (χ4n) is 6.86. The zero-order chi connectivity index (χ0) is 36.0. The summed E-state index contributed by atoms with van der Waals surface area (Å²) in [7, 11) is 0. The highest BCUT2D eigenvalue weighted by molar-refractivity contribution is 6.41. The SMILES string of the molecule is Clc1cc(Cl)c(C2(c3c(Cl)cc(Cl)cc3Cl)NC(c3ccccc3)=C(c3ccccc3)N2c2nc(-c3ccccc3)c(-c3ccccc3)[nH]2)c(Cl)c1. The summed E-state index contributed by atoms with van der Waals surface area (Å²) in [5.74, 6) is 0.458. The molecule has 0 bridgehead atoms. The fraction of sp³-hybridized carbons (Fsp3) is 0.0238. The first-order valence-corrected chi connectivity index (χ1v) is 18.5. The van der Waals surface area contributed by atoms with E-state index in [0.717, 1.165) is 45.0 Å². The number of aromatic amines is 1. The van der Waals surface area contributed by atoms with Gasteiger partial charge in [0.05, 0.1) is 42.9 Å². The van der Waals surface area contributed by atoms with Crippen molar-refractivity contribution in [2.75, 3.05) is 4.90 Å². The second kappa shape index (κ2) is 14.2. The topological polar surface area (TPSA) is 44.0 Å². The molecule has 256 valence electrons. The van der Waals surface area contributed by atoms with Crippen molar-refractivity contribution >= 4 is 86.9 Å². The molecular formula is C42H26Cl6N4. The molecule has 4 nitrogen and oxygen atoms in total. The van der Waals surface area contributed by atoms with Gasteiger partial charge in [-0.1, -0.05) is 191 Å². The third-order valence-corrected chi connectivity index (χ3v) is 10.6. The third kappa shape index (κ3) is 6.04. The molecular weight excluding hydrogens is 773 g/mol. The number of imidazole rings is 1. The standard InChI is InChI=1S/C42H26Cl6N4/c43-29-21-31(45)35(32(46)22-29)42(36-33(47)23-30(44)24-34(36)48)51-39(27-17-9-3-10-18-27)40(28-19-11-4-12-20-28)52(42)41-49-37(25-13-5-1-6-14-25)38(50-41)26-15-7-2-8-16-26/h1-24,51H,(H,49,50). The summed E-state index contributed by atoms with van der Waals surface area (Å²) in [5, 5.41) is 5.71. The van der Waals surface area contributed by atoms with Gasteiger partial charge >= 0.3 is 0 Å². The van der Waals surface area contributed by atoms with Crippen molar-refractivity contribution in [2.45, 2.75) is 5.66 Å².